The Morgan fingerprint density at radius 2 is 1.00 bits per heavy atom. The van der Waals surface area contributed by atoms with Crippen LogP contribution in [0.15, 0.2) is 36.6 Å². The van der Waals surface area contributed by atoms with Crippen LogP contribution in [0, 0.1) is 33.2 Å². The second-order valence-electron chi connectivity index (χ2n) is 1.02. The van der Waals surface area contributed by atoms with Gasteiger partial charge in [0.25, 0.3) is 0 Å². The Morgan fingerprint density at radius 1 is 0.708 bits per heavy atom. The molecule has 0 radical (unpaired) electrons. The molecule has 298 valence electrons. The van der Waals surface area contributed by atoms with Crippen LogP contribution >= 0.6 is 0 Å². The van der Waals surface area contributed by atoms with Crippen LogP contribution in [0.25, 0.3) is 16.9 Å². The van der Waals surface area contributed by atoms with E-state index in [1.807, 2.05) is 10.7 Å². The first-order chi connectivity index (χ1) is 18.8. The van der Waals surface area contributed by atoms with E-state index in [1.165, 1.54) is 12.0 Å². The molecule has 0 aliphatic heterocycles. The van der Waals surface area contributed by atoms with Gasteiger partial charge in [-0.05, 0) is 5.22 Å². The zero-order valence-corrected chi connectivity index (χ0v) is 31.6. The van der Waals surface area contributed by atoms with Gasteiger partial charge in [-0.25, -0.2) is 16.6 Å². The smallest absolute Gasteiger partial charge is 1.00 e. The van der Waals surface area contributed by atoms with Crippen molar-refractivity contribution in [2.45, 2.75) is 141 Å². The van der Waals surface area contributed by atoms with Crippen molar-refractivity contribution in [3.63, 3.8) is 0 Å². The Balaban J connectivity index is -0.00000000626. The third-order valence-corrected chi connectivity index (χ3v) is 0.254. The molecule has 0 saturated heterocycles. The van der Waals surface area contributed by atoms with E-state index in [0.29, 0.717) is 0 Å². The van der Waals surface area contributed by atoms with Gasteiger partial charge >= 0.3 is 257 Å². The van der Waals surface area contributed by atoms with Crippen LogP contribution in [0.5, 0.6) is 0 Å². The van der Waals surface area contributed by atoms with Gasteiger partial charge < -0.3 is 47.2 Å². The molecule has 0 aromatic carbocycles. The molecule has 29 heteroatoms. The van der Waals surface area contributed by atoms with Crippen LogP contribution < -0.4 is 303 Å². The van der Waals surface area contributed by atoms with Crippen LogP contribution in [-0.4, -0.2) is 0 Å². The molecule has 48 heavy (non-hydrogen) atoms. The van der Waals surface area contributed by atoms with Crippen LogP contribution in [0.3, 0.4) is 0 Å². The first-order valence-corrected chi connectivity index (χ1v) is 3.49. The zero-order chi connectivity index (χ0) is 33.2. The van der Waals surface area contributed by atoms with Gasteiger partial charge in [0.2, 0.25) is 9.88 Å². The average molecular weight is 875 g/mol. The number of hydrogen-bond acceptors (Lipinski definition) is 16. The van der Waals surface area contributed by atoms with Crippen LogP contribution in [0.4, 0.5) is 0 Å². The van der Waals surface area contributed by atoms with E-state index in [4.69, 9.17) is 39.5 Å². The Bertz CT molecular complexity index is 640. The summed E-state index contributed by atoms with van der Waals surface area (Å²) in [6.45, 7) is 0. The SMILES string of the molecule is C.C.C.C.C.C.C.C.C.C.C.C.C.C.C.C.C.C.C.[2H]N=N.[2H]N=NN([2H])/N=N/N[2H].[2H]N=NN([2H])N([2H])N[2H].[2H]N=NN([2H])[2H].[2H]N=NN([2H])[2H].[2H]N[2H].[H-].[K+].[K+].[K+].[K+].[K+].[N-]=N[N-][NH-]. The molecule has 0 aromatic heterocycles. The van der Waals surface area contributed by atoms with E-state index < -0.39 is 0 Å². The summed E-state index contributed by atoms with van der Waals surface area (Å²) in [6.07, 6.45) is 1.25. The second-order valence-corrected chi connectivity index (χ2v) is 1.02. The molecule has 0 heterocycles. The third kappa shape index (κ3) is 1200. The summed E-state index contributed by atoms with van der Waals surface area (Å²) in [6, 6.07) is 0. The van der Waals surface area contributed by atoms with Gasteiger partial charge in [-0.15, -0.1) is 0 Å². The Kier molecular flexibility index (Phi) is 1160. The summed E-state index contributed by atoms with van der Waals surface area (Å²) in [5, 5.41) is 18.4. The quantitative estimate of drug-likeness (QED) is 0.0515. The fourth-order valence-electron chi connectivity index (χ4n) is 0.0579. The monoisotopic (exact) mass is 874 g/mol. The summed E-state index contributed by atoms with van der Waals surface area (Å²) in [5.74, 6) is 8.60. The molecule has 0 bridgehead atoms. The Hall–Kier alpha value is 4.02. The Labute approximate surface area is 543 Å². The minimum Gasteiger partial charge on any atom is -1.00 e. The number of hydrazine groups is 2. The average Bonchev–Trinajstić information content (AvgIpc) is 2.89. The largest absolute Gasteiger partial charge is 1.00 e. The summed E-state index contributed by atoms with van der Waals surface area (Å²) in [4.78, 5) is 0. The molecule has 0 atom stereocenters. The molecule has 0 unspecified atom stereocenters. The van der Waals surface area contributed by atoms with Gasteiger partial charge in [0, 0.05) is 0 Å². The minimum absolute atomic E-state index is 0. The number of hydrogen-bond donors (Lipinski definition) is 14. The normalized spacial score (nSPS) is 8.04. The van der Waals surface area contributed by atoms with Crippen LogP contribution in [-0.2, 0) is 0 Å². The topological polar surface area (TPSA) is 465 Å². The molecule has 0 fully saturated rings. The molecule has 0 spiro atoms. The zero-order valence-electron chi connectivity index (χ0n) is 33.0. The van der Waals surface area contributed by atoms with Crippen molar-refractivity contribution >= 4 is 0 Å². The molecule has 0 aliphatic rings. The maximum absolute atomic E-state index is 7.15. The summed E-state index contributed by atoms with van der Waals surface area (Å²) in [7, 11) is 0. The number of nitrogens with two attached hydrogens (primary N) is 4. The van der Waals surface area contributed by atoms with E-state index in [1.54, 1.807) is 5.84 Å². The summed E-state index contributed by atoms with van der Waals surface area (Å²) >= 11 is 0. The number of nitrogens with one attached hydrogen (secondary N) is 10. The van der Waals surface area contributed by atoms with Crippen molar-refractivity contribution in [2.24, 2.45) is 59.9 Å². The van der Waals surface area contributed by atoms with E-state index in [9.17, 15) is 0 Å². The van der Waals surface area contributed by atoms with Gasteiger partial charge in [-0.1, -0.05) is 167 Å². The van der Waals surface area contributed by atoms with Crippen LogP contribution in [0.1, 0.15) is 143 Å². The first kappa shape index (κ1) is 98.8. The van der Waals surface area contributed by atoms with Crippen molar-refractivity contribution in [1.29, 1.82) is 33.2 Å². The van der Waals surface area contributed by atoms with Gasteiger partial charge in [0.15, 0.2) is 8.47 Å². The summed E-state index contributed by atoms with van der Waals surface area (Å²) < 4.78 is 97.3. The molecule has 0 rings (SSSR count). The minimum atomic E-state index is -0.0486. The van der Waals surface area contributed by atoms with Gasteiger partial charge in [0.05, 0.1) is 0 Å². The first-order valence-electron chi connectivity index (χ1n) is 10.9. The predicted molar refractivity (Wildman–Crippen MR) is 205 cm³/mol. The standard InChI is InChI=1S/19CH4.5K.H4N6.H5N5.HN4.2H3N3.H2N2.H3N.H/c;;;;;;;;;;;;;;;;;;;;;;;;1-3-5-6-4-2;1-3-5-4-2;1-3-4-2;2*1-3-2;1-2;;/h19*1H4;;;;;;(H2,1,4,5)(H2,2,3,6);(H,3,4)(H4,1,2,5);(H-3,1,2,3,4);2*(H3,1,2);1-2H;1H3;/q;;;;;;;;;;;;;;;;;;;5*+1;;;-3;;;;;-1/i/hD16. The van der Waals surface area contributed by atoms with Crippen molar-refractivity contribution in [3.8, 4) is 0 Å². The fraction of sp³-hybridized carbons (Fsp3) is 1.00. The molecular formula is C19H98K5N24+. The van der Waals surface area contributed by atoms with Crippen molar-refractivity contribution < 1.29 is 281 Å². The number of nitrogens with zero attached hydrogens (tertiary/aromatic N) is 9. The van der Waals surface area contributed by atoms with Crippen molar-refractivity contribution in [2.75, 3.05) is 0 Å². The van der Waals surface area contributed by atoms with E-state index in [2.05, 4.69) is 59.0 Å². The molecule has 24 nitrogen and oxygen atoms in total. The number of rotatable bonds is 9. The Morgan fingerprint density at radius 3 is 1.15 bits per heavy atom. The van der Waals surface area contributed by atoms with Gasteiger partial charge in [0.1, 0.15) is 4.24 Å². The van der Waals surface area contributed by atoms with E-state index in [-0.39, 0.29) is 428 Å². The predicted octanol–water partition coefficient (Wildman–Crippen LogP) is -2.31. The molecule has 0 aliphatic carbocycles. The van der Waals surface area contributed by atoms with E-state index >= 15 is 0 Å². The van der Waals surface area contributed by atoms with Crippen molar-refractivity contribution in [3.05, 3.63) is 16.9 Å². The van der Waals surface area contributed by atoms with Crippen molar-refractivity contribution in [1.82, 2.24) is 22.7 Å². The molecule has 0 saturated carbocycles. The second kappa shape index (κ2) is 566. The van der Waals surface area contributed by atoms with E-state index in [0.717, 1.165) is 0 Å². The molecular weight excluding hydrogens is 760 g/mol. The molecule has 21 N–H and O–H groups in total. The summed E-state index contributed by atoms with van der Waals surface area (Å²) in [5.41, 5.74) is 26.9. The maximum Gasteiger partial charge on any atom is 1.00 e. The molecule has 0 amide bonds. The molecule has 0 aromatic rings. The third-order valence-electron chi connectivity index (χ3n) is 0.254. The van der Waals surface area contributed by atoms with Gasteiger partial charge in [-0.3, -0.25) is 5.84 Å². The van der Waals surface area contributed by atoms with Crippen LogP contribution in [0.2, 0.25) is 22.6 Å². The van der Waals surface area contributed by atoms with Gasteiger partial charge in [-0.2, -0.15) is 33.2 Å². The maximum atomic E-state index is 7.15. The fourth-order valence-corrected chi connectivity index (χ4v) is 0.0579.